The minimum Gasteiger partial charge on any atom is -0.870 e. The van der Waals surface area contributed by atoms with Gasteiger partial charge in [-0.25, -0.2) is 4.79 Å². The molecule has 12 aromatic rings. The summed E-state index contributed by atoms with van der Waals surface area (Å²) in [5.74, 6) is -2.48. The van der Waals surface area contributed by atoms with Crippen molar-refractivity contribution in [2.75, 3.05) is 60.4 Å². The third kappa shape index (κ3) is 25.7. The molecule has 3 heterocycles. The number of nitrogens with one attached hydrogen (secondary N) is 1. The molecule has 35 heteroatoms. The number of nitrogens with zero attached hydrogens (tertiary/aromatic N) is 2. The van der Waals surface area contributed by atoms with Crippen molar-refractivity contribution >= 4 is 326 Å². The molecule has 0 aliphatic carbocycles. The standard InChI is InChI=1S/C18H15BrClNO3S.C16H11BrClNO3S.C14H9BrClNOS.C7H6BrNO2.C7H6ClIS.C7H8ClNS.C4H7IO2.Li.2H2O/c1-3-24-15(22)9-21-14-8-10(19)4-5-11(14)17(23)12-6-7-13(20)18(25-2)16(12)21;1-23-16-11(18)5-4-10-14(16)19(7-13(20)21)12-6-8(17)2-3-9(12)15(10)22;1-19-14-10(16)5-4-9-12(14)17-11-6-7(15)2-3-8(11)13(9)18;8-4-1-2-5(7(10)11)6(9)3-4;2*1-10-7-5(8)3-2-4-6(7)9;1-2-7-4(6)3-5;;;/h4-8H,3,9H2,1-2H3;2-6H,7H2,1H3,(H,20,21);2-6H,1H3,(H,17,18);1-3H,9H2,(H,10,11);2-4H,1H3;2-4H,9H2,1H3;2-3H2,1H3;;2*1H2/q;;;;;;;+1;;/p-1. The molecule has 0 bridgehead atoms. The van der Waals surface area contributed by atoms with Gasteiger partial charge in [-0.3, -0.25) is 28.8 Å². The van der Waals surface area contributed by atoms with Crippen molar-refractivity contribution in [3.8, 4) is 0 Å². The van der Waals surface area contributed by atoms with Crippen LogP contribution in [0.2, 0.25) is 25.1 Å². The molecule has 0 atom stereocenters. The number of esters is 2. The van der Waals surface area contributed by atoms with Gasteiger partial charge in [0.15, 0.2) is 16.3 Å². The van der Waals surface area contributed by atoms with Gasteiger partial charge in [0.2, 0.25) is 0 Å². The summed E-state index contributed by atoms with van der Waals surface area (Å²) in [7, 11) is 0. The fraction of sp³-hybridized carbons (Fsp3) is 0.164. The van der Waals surface area contributed by atoms with Gasteiger partial charge in [-0.2, -0.15) is 0 Å². The SMILES string of the molecule is CCOC(=O)CI.CCOC(=O)Cn1c2cc(Br)ccc2c(=O)c2ccc(Cl)c(SC)c21.CSc1c(Cl)ccc2c(=O)c3ccc(Br)cc3[nH]c12.CSc1c(Cl)ccc2c(=O)c3ccc(Br)cc3n(CC(=O)O)c12.CSc1c(Cl)cccc1I.CSc1c(N)cccc1Cl.Nc1cc(Br)ccc1C(=O)O.O.[Li+].[OH-]. The van der Waals surface area contributed by atoms with Crippen LogP contribution < -0.4 is 46.6 Å². The number of aromatic amines is 1. The van der Waals surface area contributed by atoms with Crippen LogP contribution in [0.3, 0.4) is 0 Å². The molecule has 0 unspecified atom stereocenters. The molecule has 0 amide bonds. The molecule has 0 fully saturated rings. The molecule has 0 aliphatic rings. The third-order valence-electron chi connectivity index (χ3n) is 14.5. The number of ether oxygens (including phenoxy) is 2. The van der Waals surface area contributed by atoms with E-state index < -0.39 is 11.9 Å². The number of nitrogen functional groups attached to an aromatic ring is 2. The van der Waals surface area contributed by atoms with Crippen molar-refractivity contribution in [1.82, 2.24) is 14.1 Å². The zero-order chi connectivity index (χ0) is 77.7. The number of aromatic carboxylic acids is 1. The normalized spacial score (nSPS) is 10.3. The Hall–Kier alpha value is -4.03. The van der Waals surface area contributed by atoms with Crippen molar-refractivity contribution < 1.29 is 68.7 Å². The number of benzene rings is 9. The Bertz CT molecular complexity index is 5360. The molecule has 18 nitrogen and oxygen atoms in total. The minimum absolute atomic E-state index is 0. The second-order valence-electron chi connectivity index (χ2n) is 21.0. The Labute approximate surface area is 740 Å². The first-order chi connectivity index (χ1) is 49.9. The van der Waals surface area contributed by atoms with Gasteiger partial charge in [-0.1, -0.05) is 156 Å². The van der Waals surface area contributed by atoms with E-state index >= 15 is 0 Å². The van der Waals surface area contributed by atoms with E-state index in [1.54, 1.807) is 115 Å². The van der Waals surface area contributed by atoms with E-state index in [4.69, 9.17) is 79.3 Å². The number of nitrogens with two attached hydrogens (primary N) is 2. The van der Waals surface area contributed by atoms with E-state index in [0.717, 1.165) is 59.3 Å². The molecular weight excluding hydrogens is 2070 g/mol. The number of carbonyl (C=O) groups is 4. The summed E-state index contributed by atoms with van der Waals surface area (Å²) in [4.78, 5) is 90.2. The molecule has 0 saturated carbocycles. The average molecular weight is 2140 g/mol. The number of H-pyrrole nitrogens is 1. The Kier molecular flexibility index (Phi) is 43.3. The van der Waals surface area contributed by atoms with Crippen molar-refractivity contribution in [3.05, 3.63) is 228 Å². The number of aromatic nitrogens is 3. The second kappa shape index (κ2) is 47.6. The van der Waals surface area contributed by atoms with Gasteiger partial charge in [0.1, 0.15) is 13.1 Å². The van der Waals surface area contributed by atoms with Crippen LogP contribution in [0.25, 0.3) is 65.4 Å². The number of halogens is 11. The number of pyridine rings is 3. The smallest absolute Gasteiger partial charge is 0.870 e. The van der Waals surface area contributed by atoms with Crippen LogP contribution in [-0.4, -0.2) is 108 Å². The minimum atomic E-state index is -1.00. The fourth-order valence-electron chi connectivity index (χ4n) is 10.1. The maximum absolute atomic E-state index is 12.9. The summed E-state index contributed by atoms with van der Waals surface area (Å²) in [6, 6.07) is 42.6. The summed E-state index contributed by atoms with van der Waals surface area (Å²) in [5, 5.41) is 24.5. The number of thioether (sulfide) groups is 5. The van der Waals surface area contributed by atoms with Crippen molar-refractivity contribution in [2.45, 2.75) is 51.4 Å². The van der Waals surface area contributed by atoms with Crippen LogP contribution >= 0.6 is 226 Å². The predicted octanol–water partition coefficient (Wildman–Crippen LogP) is 19.1. The van der Waals surface area contributed by atoms with E-state index in [-0.39, 0.29) is 82.4 Å². The number of carboxylic acid groups (broad SMARTS) is 2. The molecule has 10 N–H and O–H groups in total. The molecule has 568 valence electrons. The molecule has 9 aromatic carbocycles. The van der Waals surface area contributed by atoms with Crippen LogP contribution in [0.1, 0.15) is 24.2 Å². The summed E-state index contributed by atoms with van der Waals surface area (Å²) in [5.41, 5.74) is 16.1. The second-order valence-corrected chi connectivity index (χ2v) is 32.8. The number of carboxylic acids is 2. The van der Waals surface area contributed by atoms with E-state index in [0.29, 0.717) is 92.0 Å². The van der Waals surface area contributed by atoms with Gasteiger partial charge in [0, 0.05) is 79.8 Å². The van der Waals surface area contributed by atoms with Gasteiger partial charge >= 0.3 is 42.7 Å². The molecule has 108 heavy (non-hydrogen) atoms. The summed E-state index contributed by atoms with van der Waals surface area (Å²) >= 11 is 55.8. The van der Waals surface area contributed by atoms with Crippen molar-refractivity contribution in [1.29, 1.82) is 0 Å². The van der Waals surface area contributed by atoms with E-state index in [1.165, 1.54) is 49.8 Å². The maximum Gasteiger partial charge on any atom is 1.00 e. The van der Waals surface area contributed by atoms with Crippen molar-refractivity contribution in [2.24, 2.45) is 0 Å². The summed E-state index contributed by atoms with van der Waals surface area (Å²) in [6.45, 7) is 4.10. The van der Waals surface area contributed by atoms with Gasteiger partial charge in [-0.15, -0.1) is 58.8 Å². The predicted molar refractivity (Wildman–Crippen MR) is 481 cm³/mol. The molecule has 0 saturated heterocycles. The average Bonchev–Trinajstić information content (AvgIpc) is 0.750. The number of carbonyl (C=O) groups excluding carboxylic acids is 2. The Morgan fingerprint density at radius 2 is 0.880 bits per heavy atom. The zero-order valence-corrected chi connectivity index (χ0v) is 76.7. The first-order valence-corrected chi connectivity index (χ1v) is 44.1. The van der Waals surface area contributed by atoms with Crippen LogP contribution in [0, 0.1) is 3.57 Å². The van der Waals surface area contributed by atoms with Crippen LogP contribution in [0.4, 0.5) is 11.4 Å². The summed E-state index contributed by atoms with van der Waals surface area (Å²) in [6.07, 6.45) is 9.68. The Morgan fingerprint density at radius 1 is 0.491 bits per heavy atom. The number of aliphatic carboxylic acids is 1. The Balaban J connectivity index is 0.000000339. The molecule has 0 aliphatic heterocycles. The van der Waals surface area contributed by atoms with E-state index in [9.17, 15) is 38.7 Å². The molecule has 0 spiro atoms. The first-order valence-electron chi connectivity index (χ1n) is 30.3. The van der Waals surface area contributed by atoms with Crippen LogP contribution in [-0.2, 0) is 36.9 Å². The number of rotatable bonds is 13. The van der Waals surface area contributed by atoms with Crippen molar-refractivity contribution in [3.63, 3.8) is 0 Å². The maximum atomic E-state index is 12.9. The fourth-order valence-corrected chi connectivity index (χ4v) is 18.1. The molecule has 3 aromatic heterocycles. The molecule has 12 rings (SSSR count). The third-order valence-corrected chi connectivity index (χ3v) is 24.7. The van der Waals surface area contributed by atoms with Gasteiger partial charge in [0.25, 0.3) is 0 Å². The van der Waals surface area contributed by atoms with E-state index in [2.05, 4.69) is 102 Å². The molecule has 0 radical (unpaired) electrons. The summed E-state index contributed by atoms with van der Waals surface area (Å²) < 4.78 is 18.1. The quantitative estimate of drug-likeness (QED) is 0.0136. The number of alkyl halides is 1. The molecular formula is C73H65Br4Cl5I2LiN5O13S5. The monoisotopic (exact) mass is 2130 g/mol. The zero-order valence-electron chi connectivity index (χ0n) is 58.2. The van der Waals surface area contributed by atoms with Crippen LogP contribution in [0.5, 0.6) is 0 Å². The number of anilines is 2. The van der Waals surface area contributed by atoms with Gasteiger partial charge in [0.05, 0.1) is 91.2 Å². The number of hydrogen-bond acceptors (Lipinski definition) is 17. The number of hydrogen-bond donors (Lipinski definition) is 5. The van der Waals surface area contributed by atoms with Crippen LogP contribution in [0.15, 0.2) is 202 Å². The number of fused-ring (bicyclic) bond motifs is 6. The van der Waals surface area contributed by atoms with Gasteiger partial charge in [-0.05, 0) is 201 Å². The largest absolute Gasteiger partial charge is 1.00 e. The topological polar surface area (TPSA) is 318 Å². The Morgan fingerprint density at radius 3 is 1.29 bits per heavy atom. The van der Waals surface area contributed by atoms with Gasteiger partial charge < -0.3 is 56.2 Å². The first kappa shape index (κ1) is 98.2. The van der Waals surface area contributed by atoms with E-state index in [1.807, 2.05) is 119 Å².